The van der Waals surface area contributed by atoms with Crippen molar-refractivity contribution in [3.05, 3.63) is 44.8 Å². The molecule has 0 aliphatic rings. The third kappa shape index (κ3) is 3.54. The lowest BCUT2D eigenvalue weighted by molar-refractivity contribution is 0.454. The van der Waals surface area contributed by atoms with Crippen LogP contribution in [0.4, 0.5) is 0 Å². The number of nitrogens with zero attached hydrogens (tertiary/aromatic N) is 2. The zero-order valence-corrected chi connectivity index (χ0v) is 13.4. The highest BCUT2D eigenvalue weighted by Crippen LogP contribution is 2.33. The van der Waals surface area contributed by atoms with E-state index < -0.39 is 0 Å². The summed E-state index contributed by atoms with van der Waals surface area (Å²) >= 11 is 18.0. The molecule has 0 aliphatic heterocycles. The first-order valence-electron chi connectivity index (χ1n) is 6.17. The minimum Gasteiger partial charge on any atom is -0.437 e. The molecule has 0 saturated carbocycles. The van der Waals surface area contributed by atoms with Crippen LogP contribution in [0.2, 0.25) is 15.2 Å². The summed E-state index contributed by atoms with van der Waals surface area (Å²) in [4.78, 5) is 8.59. The van der Waals surface area contributed by atoms with Crippen LogP contribution in [-0.2, 0) is 6.42 Å². The van der Waals surface area contributed by atoms with Gasteiger partial charge >= 0.3 is 0 Å². The highest BCUT2D eigenvalue weighted by Gasteiger charge is 2.13. The van der Waals surface area contributed by atoms with Crippen LogP contribution in [0, 0.1) is 6.92 Å². The molecule has 0 unspecified atom stereocenters. The van der Waals surface area contributed by atoms with Gasteiger partial charge in [0.2, 0.25) is 5.88 Å². The predicted octanol–water partition coefficient (Wildman–Crippen LogP) is 5.49. The molecule has 2 rings (SSSR count). The fourth-order valence-electron chi connectivity index (χ4n) is 1.61. The lowest BCUT2D eigenvalue weighted by Gasteiger charge is -2.11. The first kappa shape index (κ1) is 15.4. The topological polar surface area (TPSA) is 35.0 Å². The van der Waals surface area contributed by atoms with Crippen molar-refractivity contribution in [2.45, 2.75) is 26.7 Å². The van der Waals surface area contributed by atoms with Crippen molar-refractivity contribution >= 4 is 34.8 Å². The summed E-state index contributed by atoms with van der Waals surface area (Å²) in [6.07, 6.45) is 1.67. The van der Waals surface area contributed by atoms with Gasteiger partial charge in [0, 0.05) is 17.0 Å². The number of ether oxygens (including phenoxy) is 1. The Morgan fingerprint density at radius 3 is 2.55 bits per heavy atom. The molecule has 1 heterocycles. The van der Waals surface area contributed by atoms with Crippen molar-refractivity contribution in [3.8, 4) is 11.6 Å². The Morgan fingerprint density at radius 2 is 1.90 bits per heavy atom. The smallest absolute Gasteiger partial charge is 0.227 e. The second-order valence-corrected chi connectivity index (χ2v) is 5.49. The van der Waals surface area contributed by atoms with E-state index in [0.29, 0.717) is 38.2 Å². The molecule has 2 aromatic rings. The van der Waals surface area contributed by atoms with Gasteiger partial charge in [-0.15, -0.1) is 0 Å². The monoisotopic (exact) mass is 330 g/mol. The fourth-order valence-corrected chi connectivity index (χ4v) is 2.23. The van der Waals surface area contributed by atoms with Crippen LogP contribution in [0.1, 0.15) is 24.7 Å². The summed E-state index contributed by atoms with van der Waals surface area (Å²) in [7, 11) is 0. The fraction of sp³-hybridized carbons (Fsp3) is 0.286. The van der Waals surface area contributed by atoms with Gasteiger partial charge in [-0.05, 0) is 31.5 Å². The van der Waals surface area contributed by atoms with Gasteiger partial charge in [0.1, 0.15) is 16.7 Å². The molecule has 6 heteroatoms. The molecule has 0 spiro atoms. The number of halogens is 3. The number of benzene rings is 1. The van der Waals surface area contributed by atoms with E-state index in [-0.39, 0.29) is 0 Å². The standard InChI is InChI=1S/C14H13Cl3N2O/c1-3-4-12-18-13(17)8(2)14(19-12)20-11-6-5-9(15)7-10(11)16/h5-7H,3-4H2,1-2H3. The van der Waals surface area contributed by atoms with Gasteiger partial charge < -0.3 is 4.74 Å². The maximum absolute atomic E-state index is 6.10. The van der Waals surface area contributed by atoms with Crippen molar-refractivity contribution in [1.82, 2.24) is 9.97 Å². The van der Waals surface area contributed by atoms with E-state index in [2.05, 4.69) is 9.97 Å². The average molecular weight is 332 g/mol. The molecule has 106 valence electrons. The van der Waals surface area contributed by atoms with Gasteiger partial charge in [-0.25, -0.2) is 4.98 Å². The van der Waals surface area contributed by atoms with E-state index in [1.807, 2.05) is 6.92 Å². The number of hydrogen-bond donors (Lipinski definition) is 0. The molecule has 0 N–H and O–H groups in total. The Kier molecular flexibility index (Phi) is 5.08. The van der Waals surface area contributed by atoms with E-state index in [1.54, 1.807) is 25.1 Å². The highest BCUT2D eigenvalue weighted by atomic mass is 35.5. The second-order valence-electron chi connectivity index (χ2n) is 4.29. The van der Waals surface area contributed by atoms with Gasteiger partial charge in [0.15, 0.2) is 0 Å². The van der Waals surface area contributed by atoms with E-state index in [0.717, 1.165) is 12.8 Å². The van der Waals surface area contributed by atoms with Gasteiger partial charge in [-0.2, -0.15) is 4.98 Å². The van der Waals surface area contributed by atoms with Gasteiger partial charge in [-0.1, -0.05) is 41.7 Å². The zero-order valence-electron chi connectivity index (χ0n) is 11.1. The van der Waals surface area contributed by atoms with Crippen LogP contribution in [0.5, 0.6) is 11.6 Å². The zero-order chi connectivity index (χ0) is 14.7. The van der Waals surface area contributed by atoms with Crippen molar-refractivity contribution in [3.63, 3.8) is 0 Å². The molecule has 0 saturated heterocycles. The minimum atomic E-state index is 0.392. The molecule has 0 fully saturated rings. The van der Waals surface area contributed by atoms with Gasteiger partial charge in [0.05, 0.1) is 5.02 Å². The van der Waals surface area contributed by atoms with Crippen LogP contribution in [0.15, 0.2) is 18.2 Å². The lowest BCUT2D eigenvalue weighted by atomic mass is 10.3. The highest BCUT2D eigenvalue weighted by molar-refractivity contribution is 6.35. The first-order valence-corrected chi connectivity index (χ1v) is 7.30. The van der Waals surface area contributed by atoms with Crippen molar-refractivity contribution < 1.29 is 4.74 Å². The van der Waals surface area contributed by atoms with Crippen LogP contribution in [0.3, 0.4) is 0 Å². The van der Waals surface area contributed by atoms with Gasteiger partial charge in [0.25, 0.3) is 0 Å². The van der Waals surface area contributed by atoms with E-state index in [4.69, 9.17) is 39.5 Å². The largest absolute Gasteiger partial charge is 0.437 e. The third-order valence-electron chi connectivity index (χ3n) is 2.66. The molecule has 20 heavy (non-hydrogen) atoms. The Balaban J connectivity index is 2.37. The summed E-state index contributed by atoms with van der Waals surface area (Å²) in [5, 5.41) is 1.36. The van der Waals surface area contributed by atoms with Crippen molar-refractivity contribution in [2.24, 2.45) is 0 Å². The summed E-state index contributed by atoms with van der Waals surface area (Å²) in [5.41, 5.74) is 0.678. The predicted molar refractivity (Wildman–Crippen MR) is 82.3 cm³/mol. The number of aromatic nitrogens is 2. The van der Waals surface area contributed by atoms with E-state index in [1.165, 1.54) is 0 Å². The average Bonchev–Trinajstić information content (AvgIpc) is 2.39. The van der Waals surface area contributed by atoms with Crippen LogP contribution in [-0.4, -0.2) is 9.97 Å². The lowest BCUT2D eigenvalue weighted by Crippen LogP contribution is -2.01. The normalized spacial score (nSPS) is 10.7. The third-order valence-corrected chi connectivity index (χ3v) is 3.56. The quantitative estimate of drug-likeness (QED) is 0.695. The maximum atomic E-state index is 6.10. The van der Waals surface area contributed by atoms with Crippen LogP contribution >= 0.6 is 34.8 Å². The van der Waals surface area contributed by atoms with Crippen LogP contribution < -0.4 is 4.74 Å². The van der Waals surface area contributed by atoms with Gasteiger partial charge in [-0.3, -0.25) is 0 Å². The van der Waals surface area contributed by atoms with Crippen molar-refractivity contribution in [2.75, 3.05) is 0 Å². The molecule has 0 atom stereocenters. The number of hydrogen-bond acceptors (Lipinski definition) is 3. The minimum absolute atomic E-state index is 0.392. The molecule has 0 amide bonds. The van der Waals surface area contributed by atoms with E-state index >= 15 is 0 Å². The Morgan fingerprint density at radius 1 is 1.15 bits per heavy atom. The molecule has 0 aliphatic carbocycles. The van der Waals surface area contributed by atoms with E-state index in [9.17, 15) is 0 Å². The first-order chi connectivity index (χ1) is 9.51. The van der Waals surface area contributed by atoms with Crippen LogP contribution in [0.25, 0.3) is 0 Å². The molecular weight excluding hydrogens is 319 g/mol. The second kappa shape index (κ2) is 6.61. The summed E-state index contributed by atoms with van der Waals surface area (Å²) in [6, 6.07) is 5.01. The molecule has 0 bridgehead atoms. The summed E-state index contributed by atoms with van der Waals surface area (Å²) < 4.78 is 5.74. The maximum Gasteiger partial charge on any atom is 0.227 e. The SMILES string of the molecule is CCCc1nc(Cl)c(C)c(Oc2ccc(Cl)cc2Cl)n1. The molecule has 1 aromatic carbocycles. The van der Waals surface area contributed by atoms with Crippen molar-refractivity contribution in [1.29, 1.82) is 0 Å². The molecular formula is C14H13Cl3N2O. The molecule has 0 radical (unpaired) electrons. The Labute approximate surface area is 132 Å². The Hall–Kier alpha value is -1.03. The Bertz CT molecular complexity index is 632. The molecule has 3 nitrogen and oxygen atoms in total. The molecule has 1 aromatic heterocycles. The summed E-state index contributed by atoms with van der Waals surface area (Å²) in [6.45, 7) is 3.85. The summed E-state index contributed by atoms with van der Waals surface area (Å²) in [5.74, 6) is 1.55. The number of aryl methyl sites for hydroxylation is 1. The number of rotatable bonds is 4.